The van der Waals surface area contributed by atoms with Crippen molar-refractivity contribution in [3.05, 3.63) is 29.8 Å². The van der Waals surface area contributed by atoms with Gasteiger partial charge in [-0.05, 0) is 43.7 Å². The van der Waals surface area contributed by atoms with Gasteiger partial charge in [-0.2, -0.15) is 0 Å². The van der Waals surface area contributed by atoms with Crippen molar-refractivity contribution in [3.8, 4) is 5.75 Å². The quantitative estimate of drug-likeness (QED) is 0.0821. The summed E-state index contributed by atoms with van der Waals surface area (Å²) in [5.41, 5.74) is 1.17. The number of carbonyl (C=O) groups excluding carboxylic acids is 1. The molecule has 0 heterocycles. The van der Waals surface area contributed by atoms with Crippen molar-refractivity contribution in [2.24, 2.45) is 0 Å². The molecule has 0 fully saturated rings. The van der Waals surface area contributed by atoms with Crippen molar-refractivity contribution in [2.45, 2.75) is 168 Å². The van der Waals surface area contributed by atoms with Gasteiger partial charge >= 0.3 is 5.97 Å². The predicted molar refractivity (Wildman–Crippen MR) is 155 cm³/mol. The zero-order valence-corrected chi connectivity index (χ0v) is 23.9. The zero-order chi connectivity index (χ0) is 26.1. The summed E-state index contributed by atoms with van der Waals surface area (Å²) in [5.74, 6) is 0.669. The van der Waals surface area contributed by atoms with Crippen LogP contribution in [0.3, 0.4) is 0 Å². The molecule has 208 valence electrons. The van der Waals surface area contributed by atoms with Crippen LogP contribution in [0.5, 0.6) is 5.75 Å². The minimum absolute atomic E-state index is 0.0919. The number of benzene rings is 1. The molecule has 1 aromatic carbocycles. The molecule has 0 saturated carbocycles. The number of hydrogen-bond donors (Lipinski definition) is 1. The Morgan fingerprint density at radius 1 is 0.667 bits per heavy atom. The van der Waals surface area contributed by atoms with Crippen LogP contribution in [-0.4, -0.2) is 17.2 Å². The number of esters is 1. The van der Waals surface area contributed by atoms with Gasteiger partial charge < -0.3 is 9.84 Å². The second-order valence-electron chi connectivity index (χ2n) is 10.8. The fourth-order valence-electron chi connectivity index (χ4n) is 4.92. The van der Waals surface area contributed by atoms with E-state index in [4.69, 9.17) is 4.74 Å². The van der Waals surface area contributed by atoms with E-state index in [1.165, 1.54) is 108 Å². The smallest absolute Gasteiger partial charge is 0.311 e. The molecule has 0 aliphatic heterocycles. The molecule has 0 aliphatic carbocycles. The first-order chi connectivity index (χ1) is 17.7. The number of aliphatic hydroxyl groups excluding tert-OH is 1. The summed E-state index contributed by atoms with van der Waals surface area (Å²) < 4.78 is 5.72. The summed E-state index contributed by atoms with van der Waals surface area (Å²) in [6, 6.07) is 8.05. The van der Waals surface area contributed by atoms with E-state index < -0.39 is 0 Å². The van der Waals surface area contributed by atoms with Gasteiger partial charge in [0, 0.05) is 6.42 Å². The molecule has 3 heteroatoms. The Labute approximate surface area is 223 Å². The molecule has 3 nitrogen and oxygen atoms in total. The lowest BCUT2D eigenvalue weighted by molar-refractivity contribution is -0.134. The highest BCUT2D eigenvalue weighted by molar-refractivity contribution is 5.72. The van der Waals surface area contributed by atoms with E-state index in [1.54, 1.807) is 0 Å². The summed E-state index contributed by atoms with van der Waals surface area (Å²) in [6.45, 7) is 4.49. The predicted octanol–water partition coefficient (Wildman–Crippen LogP) is 10.1. The lowest BCUT2D eigenvalue weighted by atomic mass is 10.0. The van der Waals surface area contributed by atoms with E-state index in [9.17, 15) is 9.90 Å². The first-order valence-corrected chi connectivity index (χ1v) is 15.6. The highest BCUT2D eigenvalue weighted by Crippen LogP contribution is 2.22. The van der Waals surface area contributed by atoms with E-state index in [-0.39, 0.29) is 12.1 Å². The monoisotopic (exact) mass is 502 g/mol. The lowest BCUT2D eigenvalue weighted by Gasteiger charge is -2.10. The average Bonchev–Trinajstić information content (AvgIpc) is 2.88. The maximum Gasteiger partial charge on any atom is 0.311 e. The van der Waals surface area contributed by atoms with E-state index >= 15 is 0 Å². The van der Waals surface area contributed by atoms with Crippen LogP contribution in [0.1, 0.15) is 161 Å². The summed E-state index contributed by atoms with van der Waals surface area (Å²) >= 11 is 0. The Balaban J connectivity index is 2.03. The topological polar surface area (TPSA) is 46.5 Å². The van der Waals surface area contributed by atoms with E-state index in [0.29, 0.717) is 6.42 Å². The number of aryl methyl sites for hydroxylation is 1. The van der Waals surface area contributed by atoms with Crippen molar-refractivity contribution < 1.29 is 14.6 Å². The van der Waals surface area contributed by atoms with Gasteiger partial charge in [0.15, 0.2) is 0 Å². The summed E-state index contributed by atoms with van der Waals surface area (Å²) in [5, 5.41) is 10.1. The van der Waals surface area contributed by atoms with Crippen LogP contribution < -0.4 is 4.74 Å². The fraction of sp³-hybridized carbons (Fsp3) is 0.788. The third-order valence-electron chi connectivity index (χ3n) is 7.31. The number of para-hydroxylation sites is 1. The molecule has 1 aromatic rings. The standard InChI is InChI=1S/C33H58O3/c1-3-5-7-9-11-15-18-24-30-25-22-23-28-32(30)36-33(35)29-21-17-13-10-12-16-20-27-31(34)26-19-14-8-6-4-2/h22-23,25,28,31,34H,3-21,24,26-27,29H2,1-2H3. The molecule has 36 heavy (non-hydrogen) atoms. The van der Waals surface area contributed by atoms with Gasteiger partial charge in [-0.15, -0.1) is 0 Å². The van der Waals surface area contributed by atoms with Crippen LogP contribution in [0.15, 0.2) is 24.3 Å². The van der Waals surface area contributed by atoms with Crippen molar-refractivity contribution in [2.75, 3.05) is 0 Å². The highest BCUT2D eigenvalue weighted by Gasteiger charge is 2.09. The highest BCUT2D eigenvalue weighted by atomic mass is 16.5. The normalized spacial score (nSPS) is 12.1. The maximum atomic E-state index is 12.4. The van der Waals surface area contributed by atoms with Crippen molar-refractivity contribution >= 4 is 5.97 Å². The van der Waals surface area contributed by atoms with Gasteiger partial charge in [0.25, 0.3) is 0 Å². The van der Waals surface area contributed by atoms with Crippen LogP contribution in [0.4, 0.5) is 0 Å². The first-order valence-electron chi connectivity index (χ1n) is 15.6. The molecule has 0 radical (unpaired) electrons. The number of unbranched alkanes of at least 4 members (excludes halogenated alkanes) is 16. The molecule has 1 N–H and O–H groups in total. The fourth-order valence-corrected chi connectivity index (χ4v) is 4.92. The Kier molecular flexibility index (Phi) is 21.8. The van der Waals surface area contributed by atoms with Gasteiger partial charge in [0.1, 0.15) is 5.75 Å². The third-order valence-corrected chi connectivity index (χ3v) is 7.31. The number of hydrogen-bond acceptors (Lipinski definition) is 3. The Morgan fingerprint density at radius 2 is 1.14 bits per heavy atom. The van der Waals surface area contributed by atoms with Crippen LogP contribution >= 0.6 is 0 Å². The molecule has 0 amide bonds. The van der Waals surface area contributed by atoms with Crippen molar-refractivity contribution in [1.82, 2.24) is 0 Å². The van der Waals surface area contributed by atoms with Crippen molar-refractivity contribution in [1.29, 1.82) is 0 Å². The summed E-state index contributed by atoms with van der Waals surface area (Å²) in [6.07, 6.45) is 26.8. The SMILES string of the molecule is CCCCCCCCCc1ccccc1OC(=O)CCCCCCCCCC(O)CCCCCCC. The molecular formula is C33H58O3. The second kappa shape index (κ2) is 24.0. The minimum atomic E-state index is -0.0988. The van der Waals surface area contributed by atoms with E-state index in [0.717, 1.165) is 44.3 Å². The molecule has 0 aromatic heterocycles. The van der Waals surface area contributed by atoms with Gasteiger partial charge in [-0.3, -0.25) is 4.79 Å². The lowest BCUT2D eigenvalue weighted by Crippen LogP contribution is -2.09. The molecule has 0 spiro atoms. The number of rotatable bonds is 25. The molecule has 0 aliphatic rings. The largest absolute Gasteiger partial charge is 0.426 e. The third kappa shape index (κ3) is 18.9. The first kappa shape index (κ1) is 32.7. The van der Waals surface area contributed by atoms with Crippen LogP contribution in [-0.2, 0) is 11.2 Å². The summed E-state index contributed by atoms with van der Waals surface area (Å²) in [7, 11) is 0. The molecule has 0 bridgehead atoms. The van der Waals surface area contributed by atoms with Crippen molar-refractivity contribution in [3.63, 3.8) is 0 Å². The zero-order valence-electron chi connectivity index (χ0n) is 23.9. The molecule has 1 unspecified atom stereocenters. The van der Waals surface area contributed by atoms with Crippen LogP contribution in [0.2, 0.25) is 0 Å². The van der Waals surface area contributed by atoms with E-state index in [1.807, 2.05) is 18.2 Å². The van der Waals surface area contributed by atoms with Crippen LogP contribution in [0.25, 0.3) is 0 Å². The Morgan fingerprint density at radius 3 is 1.72 bits per heavy atom. The molecule has 1 rings (SSSR count). The molecule has 1 atom stereocenters. The number of ether oxygens (including phenoxy) is 1. The molecular weight excluding hydrogens is 444 g/mol. The van der Waals surface area contributed by atoms with Crippen LogP contribution in [0, 0.1) is 0 Å². The number of aliphatic hydroxyl groups is 1. The van der Waals surface area contributed by atoms with Gasteiger partial charge in [-0.1, -0.05) is 141 Å². The van der Waals surface area contributed by atoms with Gasteiger partial charge in [-0.25, -0.2) is 0 Å². The molecule has 0 saturated heterocycles. The van der Waals surface area contributed by atoms with E-state index in [2.05, 4.69) is 19.9 Å². The number of carbonyl (C=O) groups is 1. The average molecular weight is 503 g/mol. The Bertz CT molecular complexity index is 627. The van der Waals surface area contributed by atoms with Gasteiger partial charge in [0.05, 0.1) is 6.10 Å². The van der Waals surface area contributed by atoms with Gasteiger partial charge in [0.2, 0.25) is 0 Å². The Hall–Kier alpha value is -1.35. The summed E-state index contributed by atoms with van der Waals surface area (Å²) in [4.78, 5) is 12.4. The second-order valence-corrected chi connectivity index (χ2v) is 10.8. The maximum absolute atomic E-state index is 12.4. The minimum Gasteiger partial charge on any atom is -0.426 e.